The van der Waals surface area contributed by atoms with Crippen molar-refractivity contribution in [3.63, 3.8) is 0 Å². The molecule has 3 rings (SSSR count). The second-order valence-corrected chi connectivity index (χ2v) is 6.45. The molecule has 4 nitrogen and oxygen atoms in total. The fraction of sp³-hybridized carbons (Fsp3) is 0.692. The number of likely N-dealkylation sites (tertiary alicyclic amines) is 1. The monoisotopic (exact) mass is 265 g/mol. The maximum atomic E-state index is 12.2. The van der Waals surface area contributed by atoms with Crippen molar-refractivity contribution in [1.82, 2.24) is 9.88 Å². The second kappa shape index (κ2) is 4.88. The first-order valence-electron chi connectivity index (χ1n) is 6.70. The Morgan fingerprint density at radius 3 is 2.67 bits per heavy atom. The molecule has 2 saturated heterocycles. The van der Waals surface area contributed by atoms with Crippen LogP contribution in [0.5, 0.6) is 0 Å². The summed E-state index contributed by atoms with van der Waals surface area (Å²) in [5.74, 6) is 0.562. The van der Waals surface area contributed by atoms with Gasteiger partial charge in [-0.1, -0.05) is 0 Å². The molecule has 0 aliphatic carbocycles. The first-order chi connectivity index (χ1) is 8.74. The molecule has 0 radical (unpaired) electrons. The summed E-state index contributed by atoms with van der Waals surface area (Å²) in [6.07, 6.45) is 5.53. The molecule has 1 amide bonds. The summed E-state index contributed by atoms with van der Waals surface area (Å²) in [5.41, 5.74) is 0. The number of thiazole rings is 1. The predicted octanol–water partition coefficient (Wildman–Crippen LogP) is 1.90. The number of aromatic nitrogens is 1. The fourth-order valence-electron chi connectivity index (χ4n) is 2.65. The highest BCUT2D eigenvalue weighted by atomic mass is 32.1. The molecule has 1 aromatic heterocycles. The molecule has 1 aromatic rings. The highest BCUT2D eigenvalue weighted by molar-refractivity contribution is 7.15. The van der Waals surface area contributed by atoms with Crippen LogP contribution in [0.25, 0.3) is 0 Å². The van der Waals surface area contributed by atoms with Crippen molar-refractivity contribution in [2.24, 2.45) is 5.92 Å². The molecule has 0 atom stereocenters. The first-order valence-corrected chi connectivity index (χ1v) is 7.52. The normalized spacial score (nSPS) is 20.9. The van der Waals surface area contributed by atoms with E-state index in [9.17, 15) is 4.79 Å². The molecule has 3 heterocycles. The quantitative estimate of drug-likeness (QED) is 0.819. The number of carbonyl (C=O) groups is 1. The van der Waals surface area contributed by atoms with E-state index in [1.807, 2.05) is 6.20 Å². The van der Waals surface area contributed by atoms with Gasteiger partial charge in [-0.25, -0.2) is 4.98 Å². The molecule has 98 valence electrons. The largest absolute Gasteiger partial charge is 0.346 e. The molecule has 18 heavy (non-hydrogen) atoms. The zero-order chi connectivity index (χ0) is 12.5. The van der Waals surface area contributed by atoms with Crippen molar-refractivity contribution in [3.05, 3.63) is 11.1 Å². The van der Waals surface area contributed by atoms with E-state index in [0.29, 0.717) is 5.91 Å². The minimum Gasteiger partial charge on any atom is -0.346 e. The second-order valence-electron chi connectivity index (χ2n) is 5.24. The van der Waals surface area contributed by atoms with E-state index >= 15 is 0 Å². The van der Waals surface area contributed by atoms with Gasteiger partial charge in [-0.05, 0) is 26.2 Å². The van der Waals surface area contributed by atoms with Crippen LogP contribution < -0.4 is 4.90 Å². The minimum absolute atomic E-state index is 0.201. The zero-order valence-electron chi connectivity index (χ0n) is 10.8. The molecule has 2 aliphatic heterocycles. The van der Waals surface area contributed by atoms with E-state index in [-0.39, 0.29) is 5.92 Å². The third-order valence-corrected chi connectivity index (χ3v) is 4.75. The molecule has 0 unspecified atom stereocenters. The van der Waals surface area contributed by atoms with Gasteiger partial charge < -0.3 is 9.80 Å². The van der Waals surface area contributed by atoms with E-state index in [1.54, 1.807) is 11.3 Å². The van der Waals surface area contributed by atoms with Crippen LogP contribution in [0.1, 0.15) is 24.1 Å². The average Bonchev–Trinajstić information content (AvgIpc) is 2.75. The van der Waals surface area contributed by atoms with Crippen molar-refractivity contribution in [1.29, 1.82) is 0 Å². The number of carbonyl (C=O) groups excluding carboxylic acids is 1. The Kier molecular flexibility index (Phi) is 3.24. The van der Waals surface area contributed by atoms with Crippen LogP contribution >= 0.6 is 11.3 Å². The van der Waals surface area contributed by atoms with E-state index in [1.165, 1.54) is 24.1 Å². The molecule has 0 bridgehead atoms. The Morgan fingerprint density at radius 2 is 2.06 bits per heavy atom. The van der Waals surface area contributed by atoms with Crippen molar-refractivity contribution < 1.29 is 4.79 Å². The predicted molar refractivity (Wildman–Crippen MR) is 73.0 cm³/mol. The number of piperidine rings is 1. The van der Waals surface area contributed by atoms with Crippen LogP contribution in [-0.2, 0) is 4.79 Å². The summed E-state index contributed by atoms with van der Waals surface area (Å²) in [4.78, 5) is 22.1. The topological polar surface area (TPSA) is 36.4 Å². The summed E-state index contributed by atoms with van der Waals surface area (Å²) in [5, 5.41) is 1.06. The number of aryl methyl sites for hydroxylation is 1. The molecular formula is C13H19N3OS. The fourth-order valence-corrected chi connectivity index (χ4v) is 3.43. The van der Waals surface area contributed by atoms with Gasteiger partial charge in [-0.2, -0.15) is 0 Å². The van der Waals surface area contributed by atoms with Crippen LogP contribution in [0.2, 0.25) is 0 Å². The average molecular weight is 265 g/mol. The maximum absolute atomic E-state index is 12.2. The van der Waals surface area contributed by atoms with Crippen LogP contribution in [0.4, 0.5) is 5.13 Å². The van der Waals surface area contributed by atoms with Crippen molar-refractivity contribution in [2.45, 2.75) is 26.2 Å². The lowest BCUT2D eigenvalue weighted by Gasteiger charge is -2.41. The Morgan fingerprint density at radius 1 is 1.33 bits per heavy atom. The van der Waals surface area contributed by atoms with Gasteiger partial charge in [0.15, 0.2) is 5.13 Å². The highest BCUT2D eigenvalue weighted by Gasteiger charge is 2.36. The van der Waals surface area contributed by atoms with Gasteiger partial charge in [0.05, 0.1) is 5.92 Å². The molecule has 0 N–H and O–H groups in total. The lowest BCUT2D eigenvalue weighted by atomic mass is 9.98. The Labute approximate surface area is 112 Å². The van der Waals surface area contributed by atoms with E-state index in [2.05, 4.69) is 21.7 Å². The number of rotatable bonds is 2. The third-order valence-electron chi connectivity index (χ3n) is 3.78. The Balaban J connectivity index is 1.53. The van der Waals surface area contributed by atoms with Gasteiger partial charge in [-0.3, -0.25) is 4.79 Å². The van der Waals surface area contributed by atoms with Gasteiger partial charge in [0, 0.05) is 37.3 Å². The molecule has 0 saturated carbocycles. The SMILES string of the molecule is Cc1cnc(N2CC(C(=O)N3CCCCC3)C2)s1. The van der Waals surface area contributed by atoms with E-state index in [4.69, 9.17) is 0 Å². The van der Waals surface area contributed by atoms with E-state index < -0.39 is 0 Å². The van der Waals surface area contributed by atoms with Gasteiger partial charge >= 0.3 is 0 Å². The molecular weight excluding hydrogens is 246 g/mol. The van der Waals surface area contributed by atoms with Gasteiger partial charge in [0.1, 0.15) is 0 Å². The van der Waals surface area contributed by atoms with Crippen molar-refractivity contribution >= 4 is 22.4 Å². The number of anilines is 1. The van der Waals surface area contributed by atoms with Crippen LogP contribution in [0, 0.1) is 12.8 Å². The lowest BCUT2D eigenvalue weighted by molar-refractivity contribution is -0.137. The van der Waals surface area contributed by atoms with Crippen molar-refractivity contribution in [2.75, 3.05) is 31.1 Å². The maximum Gasteiger partial charge on any atom is 0.229 e. The summed E-state index contributed by atoms with van der Waals surface area (Å²) in [6, 6.07) is 0. The highest BCUT2D eigenvalue weighted by Crippen LogP contribution is 2.29. The first kappa shape index (κ1) is 12.0. The third kappa shape index (κ3) is 2.23. The minimum atomic E-state index is 0.201. The van der Waals surface area contributed by atoms with Crippen LogP contribution in [-0.4, -0.2) is 42.0 Å². The van der Waals surface area contributed by atoms with Crippen LogP contribution in [0.15, 0.2) is 6.20 Å². The standard InChI is InChI=1S/C13H19N3OS/c1-10-7-14-13(18-10)16-8-11(9-16)12(17)15-5-3-2-4-6-15/h7,11H,2-6,8-9H2,1H3. The van der Waals surface area contributed by atoms with E-state index in [0.717, 1.165) is 31.3 Å². The molecule has 0 aromatic carbocycles. The summed E-state index contributed by atoms with van der Waals surface area (Å²) < 4.78 is 0. The molecule has 0 spiro atoms. The van der Waals surface area contributed by atoms with Gasteiger partial charge in [-0.15, -0.1) is 11.3 Å². The smallest absolute Gasteiger partial charge is 0.229 e. The summed E-state index contributed by atoms with van der Waals surface area (Å²) >= 11 is 1.71. The van der Waals surface area contributed by atoms with Gasteiger partial charge in [0.25, 0.3) is 0 Å². The number of nitrogens with zero attached hydrogens (tertiary/aromatic N) is 3. The number of amides is 1. The molecule has 2 fully saturated rings. The molecule has 5 heteroatoms. The number of hydrogen-bond acceptors (Lipinski definition) is 4. The number of hydrogen-bond donors (Lipinski definition) is 0. The summed E-state index contributed by atoms with van der Waals surface area (Å²) in [6.45, 7) is 5.69. The summed E-state index contributed by atoms with van der Waals surface area (Å²) in [7, 11) is 0. The molecule has 2 aliphatic rings. The van der Waals surface area contributed by atoms with Gasteiger partial charge in [0.2, 0.25) is 5.91 Å². The lowest BCUT2D eigenvalue weighted by Crippen LogP contribution is -2.55. The Bertz CT molecular complexity index is 433. The van der Waals surface area contributed by atoms with Crippen LogP contribution in [0.3, 0.4) is 0 Å². The van der Waals surface area contributed by atoms with Crippen molar-refractivity contribution in [3.8, 4) is 0 Å². The Hall–Kier alpha value is -1.10. The zero-order valence-corrected chi connectivity index (χ0v) is 11.6.